The van der Waals surface area contributed by atoms with Gasteiger partial charge < -0.3 is 9.84 Å². The molecule has 3 rings (SSSR count). The van der Waals surface area contributed by atoms with E-state index in [2.05, 4.69) is 39.0 Å². The number of carbonyl (C=O) groups is 1. The molecule has 2 aromatic rings. The molecule has 1 heterocycles. The Balaban J connectivity index is 1.84. The molecule has 130 valence electrons. The van der Waals surface area contributed by atoms with Gasteiger partial charge in [0.15, 0.2) is 0 Å². The minimum Gasteiger partial charge on any atom is -0.492 e. The summed E-state index contributed by atoms with van der Waals surface area (Å²) in [5.41, 5.74) is 3.74. The lowest BCUT2D eigenvalue weighted by Crippen LogP contribution is -2.22. The van der Waals surface area contributed by atoms with Crippen LogP contribution in [0.1, 0.15) is 42.3 Å². The van der Waals surface area contributed by atoms with Crippen LogP contribution in [0.15, 0.2) is 47.4 Å². The molecule has 0 aromatic heterocycles. The Hall–Kier alpha value is -2.20. The van der Waals surface area contributed by atoms with Gasteiger partial charge in [0.1, 0.15) is 5.75 Å². The summed E-state index contributed by atoms with van der Waals surface area (Å²) >= 11 is 1.84. The highest BCUT2D eigenvalue weighted by Crippen LogP contribution is 2.39. The lowest BCUT2D eigenvalue weighted by atomic mass is 9.98. The molecule has 3 nitrogen and oxygen atoms in total. The summed E-state index contributed by atoms with van der Waals surface area (Å²) in [6.07, 6.45) is 2.07. The van der Waals surface area contributed by atoms with E-state index in [1.165, 1.54) is 4.90 Å². The van der Waals surface area contributed by atoms with Crippen LogP contribution in [-0.4, -0.2) is 23.4 Å². The first kappa shape index (κ1) is 17.6. The number of allylic oxidation sites excluding steroid dienone is 1. The van der Waals surface area contributed by atoms with E-state index in [0.29, 0.717) is 5.56 Å². The van der Waals surface area contributed by atoms with E-state index in [-0.39, 0.29) is 5.41 Å². The van der Waals surface area contributed by atoms with Crippen LogP contribution in [0.2, 0.25) is 0 Å². The van der Waals surface area contributed by atoms with Crippen molar-refractivity contribution in [1.82, 2.24) is 0 Å². The number of hydrogen-bond acceptors (Lipinski definition) is 3. The Bertz CT molecular complexity index is 820. The number of carboxylic acids is 1. The standard InChI is InChI=1S/C21H22O3S/c1-14(10-15-4-6-16(7-5-15)20(22)23)17-8-9-18-19(11-17)25-13-21(2,3)12-24-18/h4-11H,12-13H2,1-3H3,(H,22,23). The summed E-state index contributed by atoms with van der Waals surface area (Å²) in [5, 5.41) is 8.98. The second-order valence-corrected chi connectivity index (χ2v) is 8.17. The summed E-state index contributed by atoms with van der Waals surface area (Å²) in [5.74, 6) is 1.08. The SMILES string of the molecule is CC(=Cc1ccc(C(=O)O)cc1)c1ccc2c(c1)SCC(C)(C)CO2. The Morgan fingerprint density at radius 1 is 1.16 bits per heavy atom. The van der Waals surface area contributed by atoms with Crippen LogP contribution in [0, 0.1) is 5.41 Å². The van der Waals surface area contributed by atoms with Gasteiger partial charge in [-0.2, -0.15) is 0 Å². The summed E-state index contributed by atoms with van der Waals surface area (Å²) in [6, 6.07) is 13.2. The molecule has 0 spiro atoms. The van der Waals surface area contributed by atoms with Crippen LogP contribution in [0.5, 0.6) is 5.75 Å². The highest BCUT2D eigenvalue weighted by atomic mass is 32.2. The largest absolute Gasteiger partial charge is 0.492 e. The molecule has 4 heteroatoms. The van der Waals surface area contributed by atoms with Gasteiger partial charge in [-0.3, -0.25) is 0 Å². The maximum atomic E-state index is 10.9. The van der Waals surface area contributed by atoms with Crippen molar-refractivity contribution in [2.45, 2.75) is 25.7 Å². The fourth-order valence-corrected chi connectivity index (χ4v) is 3.74. The van der Waals surface area contributed by atoms with Crippen LogP contribution < -0.4 is 4.74 Å². The summed E-state index contributed by atoms with van der Waals surface area (Å²) in [6.45, 7) is 7.24. The number of rotatable bonds is 3. The lowest BCUT2D eigenvalue weighted by Gasteiger charge is -2.20. The molecule has 0 radical (unpaired) electrons. The molecule has 0 amide bonds. The third kappa shape index (κ3) is 4.26. The van der Waals surface area contributed by atoms with Crippen molar-refractivity contribution in [3.63, 3.8) is 0 Å². The van der Waals surface area contributed by atoms with Crippen molar-refractivity contribution in [3.8, 4) is 5.75 Å². The second-order valence-electron chi connectivity index (χ2n) is 7.16. The van der Waals surface area contributed by atoms with Crippen LogP contribution in [0.3, 0.4) is 0 Å². The van der Waals surface area contributed by atoms with Crippen LogP contribution in [0.25, 0.3) is 11.6 Å². The molecule has 0 fully saturated rings. The van der Waals surface area contributed by atoms with Gasteiger partial charge in [-0.1, -0.05) is 38.1 Å². The number of ether oxygens (including phenoxy) is 1. The first-order valence-corrected chi connectivity index (χ1v) is 9.24. The summed E-state index contributed by atoms with van der Waals surface area (Å²) < 4.78 is 5.96. The van der Waals surface area contributed by atoms with E-state index in [4.69, 9.17) is 9.84 Å². The minimum atomic E-state index is -0.905. The van der Waals surface area contributed by atoms with Crippen molar-refractivity contribution >= 4 is 29.4 Å². The molecule has 0 saturated heterocycles. The Labute approximate surface area is 152 Å². The molecule has 0 aliphatic carbocycles. The third-order valence-corrected chi connectivity index (χ3v) is 5.73. The molecule has 0 atom stereocenters. The van der Waals surface area contributed by atoms with Crippen molar-refractivity contribution in [3.05, 3.63) is 59.2 Å². The summed E-state index contributed by atoms with van der Waals surface area (Å²) in [4.78, 5) is 12.1. The molecule has 1 aliphatic rings. The van der Waals surface area contributed by atoms with E-state index < -0.39 is 5.97 Å². The Morgan fingerprint density at radius 2 is 1.84 bits per heavy atom. The number of thioether (sulfide) groups is 1. The highest BCUT2D eigenvalue weighted by molar-refractivity contribution is 7.99. The smallest absolute Gasteiger partial charge is 0.335 e. The van der Waals surface area contributed by atoms with Crippen molar-refractivity contribution in [2.24, 2.45) is 5.41 Å². The van der Waals surface area contributed by atoms with Crippen molar-refractivity contribution in [1.29, 1.82) is 0 Å². The fraction of sp³-hybridized carbons (Fsp3) is 0.286. The number of carboxylic acid groups (broad SMARTS) is 1. The Kier molecular flexibility index (Phi) is 4.91. The molecular weight excluding hydrogens is 332 g/mol. The zero-order chi connectivity index (χ0) is 18.0. The quantitative estimate of drug-likeness (QED) is 0.744. The first-order chi connectivity index (χ1) is 11.8. The predicted molar refractivity (Wildman–Crippen MR) is 103 cm³/mol. The molecule has 1 aliphatic heterocycles. The van der Waals surface area contributed by atoms with E-state index in [9.17, 15) is 4.79 Å². The van der Waals surface area contributed by atoms with E-state index >= 15 is 0 Å². The molecule has 0 saturated carbocycles. The normalized spacial score (nSPS) is 16.5. The second kappa shape index (κ2) is 6.96. The molecular formula is C21H22O3S. The van der Waals surface area contributed by atoms with E-state index in [1.54, 1.807) is 12.1 Å². The van der Waals surface area contributed by atoms with Gasteiger partial charge >= 0.3 is 5.97 Å². The van der Waals surface area contributed by atoms with E-state index in [0.717, 1.165) is 34.8 Å². The van der Waals surface area contributed by atoms with Crippen molar-refractivity contribution in [2.75, 3.05) is 12.4 Å². The maximum absolute atomic E-state index is 10.9. The average molecular weight is 354 g/mol. The first-order valence-electron chi connectivity index (χ1n) is 8.26. The van der Waals surface area contributed by atoms with E-state index in [1.807, 2.05) is 30.0 Å². The minimum absolute atomic E-state index is 0.167. The zero-order valence-corrected chi connectivity index (χ0v) is 15.5. The summed E-state index contributed by atoms with van der Waals surface area (Å²) in [7, 11) is 0. The van der Waals surface area contributed by atoms with Crippen LogP contribution >= 0.6 is 11.8 Å². The van der Waals surface area contributed by atoms with Crippen LogP contribution in [-0.2, 0) is 0 Å². The molecule has 0 unspecified atom stereocenters. The molecule has 1 N–H and O–H groups in total. The van der Waals surface area contributed by atoms with Gasteiger partial charge in [0.25, 0.3) is 0 Å². The predicted octanol–water partition coefficient (Wildman–Crippen LogP) is 5.46. The lowest BCUT2D eigenvalue weighted by molar-refractivity contribution is 0.0697. The van der Waals surface area contributed by atoms with Gasteiger partial charge in [-0.05, 0) is 47.9 Å². The van der Waals surface area contributed by atoms with Crippen LogP contribution in [0.4, 0.5) is 0 Å². The average Bonchev–Trinajstić information content (AvgIpc) is 2.73. The zero-order valence-electron chi connectivity index (χ0n) is 14.7. The van der Waals surface area contributed by atoms with Gasteiger partial charge in [0.05, 0.1) is 12.2 Å². The monoisotopic (exact) mass is 354 g/mol. The fourth-order valence-electron chi connectivity index (χ4n) is 2.63. The maximum Gasteiger partial charge on any atom is 0.335 e. The number of fused-ring (bicyclic) bond motifs is 1. The van der Waals surface area contributed by atoms with Gasteiger partial charge in [0, 0.05) is 16.1 Å². The number of benzene rings is 2. The molecule has 25 heavy (non-hydrogen) atoms. The number of hydrogen-bond donors (Lipinski definition) is 1. The van der Waals surface area contributed by atoms with Crippen molar-refractivity contribution < 1.29 is 14.6 Å². The molecule has 2 aromatic carbocycles. The number of aromatic carboxylic acids is 1. The van der Waals surface area contributed by atoms with Gasteiger partial charge in [0.2, 0.25) is 0 Å². The van der Waals surface area contributed by atoms with Gasteiger partial charge in [-0.15, -0.1) is 11.8 Å². The topological polar surface area (TPSA) is 46.5 Å². The molecule has 0 bridgehead atoms. The van der Waals surface area contributed by atoms with Gasteiger partial charge in [-0.25, -0.2) is 4.79 Å². The Morgan fingerprint density at radius 3 is 2.52 bits per heavy atom. The third-order valence-electron chi connectivity index (χ3n) is 4.18. The highest BCUT2D eigenvalue weighted by Gasteiger charge is 2.24.